The van der Waals surface area contributed by atoms with Gasteiger partial charge in [0, 0.05) is 43.2 Å². The number of guanidine groups is 1. The van der Waals surface area contributed by atoms with Crippen LogP contribution in [0.4, 0.5) is 0 Å². The zero-order valence-corrected chi connectivity index (χ0v) is 42.2. The van der Waals surface area contributed by atoms with Crippen LogP contribution in [0.5, 0.6) is 5.75 Å². The molecule has 1 aliphatic heterocycles. The minimum absolute atomic E-state index is 0.0284. The van der Waals surface area contributed by atoms with Gasteiger partial charge in [0.2, 0.25) is 53.2 Å². The molecule has 75 heavy (non-hydrogen) atoms. The molecule has 1 heterocycles. The molecule has 9 amide bonds. The SMILES string of the molecule is NC(=O)CC[C@H]1NC(=O)[C@H](Cc2ccccc2)NC(=O)[C@@H](Cc2ccc(O)cc2)NC(=O)[C@H](N)CSSC[C@@H](C(=O)C2CC=C[C@@H]2C(=O)N[C@@H](CCCN=C(N)N)C(=O)NCC(=O)O)NC(=O)[C@H](CC(N)=O)NC1=O. The van der Waals surface area contributed by atoms with Gasteiger partial charge in [-0.15, -0.1) is 0 Å². The number of carbonyl (C=O) groups excluding carboxylic acids is 10. The fourth-order valence-corrected chi connectivity index (χ4v) is 10.1. The first kappa shape index (κ1) is 59.8. The van der Waals surface area contributed by atoms with Crippen molar-refractivity contribution in [3.05, 3.63) is 77.9 Å². The largest absolute Gasteiger partial charge is 0.508 e. The van der Waals surface area contributed by atoms with Gasteiger partial charge in [0.15, 0.2) is 11.7 Å². The number of carboxylic acid groups (broad SMARTS) is 1. The van der Waals surface area contributed by atoms with Crippen molar-refractivity contribution in [3.8, 4) is 5.75 Å². The Labute approximate surface area is 438 Å². The van der Waals surface area contributed by atoms with Gasteiger partial charge in [-0.3, -0.25) is 57.7 Å². The van der Waals surface area contributed by atoms with Crippen LogP contribution in [0.2, 0.25) is 0 Å². The van der Waals surface area contributed by atoms with Gasteiger partial charge in [0.25, 0.3) is 0 Å². The Kier molecular flexibility index (Phi) is 23.8. The van der Waals surface area contributed by atoms with Crippen LogP contribution in [-0.4, -0.2) is 148 Å². The van der Waals surface area contributed by atoms with Crippen LogP contribution in [0.25, 0.3) is 0 Å². The normalized spacial score (nSPS) is 23.3. The van der Waals surface area contributed by atoms with Gasteiger partial charge in [-0.2, -0.15) is 0 Å². The van der Waals surface area contributed by atoms with Gasteiger partial charge in [-0.25, -0.2) is 0 Å². The molecule has 9 atom stereocenters. The summed E-state index contributed by atoms with van der Waals surface area (Å²) in [7, 11) is 1.98. The maximum absolute atomic E-state index is 14.6. The number of Topliss-reactive ketones (excluding diaryl/α,β-unsaturated/α-hetero) is 1. The molecule has 0 saturated carbocycles. The zero-order valence-electron chi connectivity index (χ0n) is 40.6. The van der Waals surface area contributed by atoms with Crippen molar-refractivity contribution >= 4 is 92.5 Å². The molecule has 0 radical (unpaired) electrons. The molecule has 2 aliphatic rings. The molecule has 4 rings (SSSR count). The Morgan fingerprint density at radius 2 is 1.29 bits per heavy atom. The minimum Gasteiger partial charge on any atom is -0.508 e. The average Bonchev–Trinajstić information content (AvgIpc) is 3.86. The Bertz CT molecular complexity index is 2460. The fraction of sp³-hybridized carbons (Fsp3) is 0.447. The lowest BCUT2D eigenvalue weighted by molar-refractivity contribution is -0.139. The molecule has 1 unspecified atom stereocenters. The number of hydrogen-bond donors (Lipinski definition) is 14. The summed E-state index contributed by atoms with van der Waals surface area (Å²) in [5, 5.41) is 36.6. The number of aliphatic imine (C=N–C) groups is 1. The number of aliphatic carboxylic acids is 1. The monoisotopic (exact) mass is 1080 g/mol. The summed E-state index contributed by atoms with van der Waals surface area (Å²) in [6.45, 7) is -0.699. The number of ketones is 1. The summed E-state index contributed by atoms with van der Waals surface area (Å²) < 4.78 is 0. The number of phenols is 1. The summed E-state index contributed by atoms with van der Waals surface area (Å²) in [6.07, 6.45) is 1.02. The highest BCUT2D eigenvalue weighted by Crippen LogP contribution is 2.31. The third-order valence-corrected chi connectivity index (χ3v) is 14.1. The van der Waals surface area contributed by atoms with Crippen LogP contribution in [0.1, 0.15) is 49.7 Å². The lowest BCUT2D eigenvalue weighted by Crippen LogP contribution is -2.60. The highest BCUT2D eigenvalue weighted by molar-refractivity contribution is 8.76. The molecule has 26 nitrogen and oxygen atoms in total. The van der Waals surface area contributed by atoms with Crippen molar-refractivity contribution in [3.63, 3.8) is 0 Å². The first-order valence-electron chi connectivity index (χ1n) is 23.6. The number of aromatic hydroxyl groups is 1. The number of primary amides is 2. The molecule has 0 spiro atoms. The number of hydrogen-bond acceptors (Lipinski definition) is 16. The summed E-state index contributed by atoms with van der Waals surface area (Å²) in [4.78, 5) is 152. The Hall–Kier alpha value is -7.72. The quantitative estimate of drug-likeness (QED) is 0.0197. The molecule has 1 fully saturated rings. The minimum atomic E-state index is -1.80. The van der Waals surface area contributed by atoms with E-state index in [-0.39, 0.29) is 61.9 Å². The van der Waals surface area contributed by atoms with Crippen molar-refractivity contribution in [2.45, 2.75) is 93.7 Å². The van der Waals surface area contributed by atoms with Crippen LogP contribution in [0.3, 0.4) is 0 Å². The summed E-state index contributed by atoms with van der Waals surface area (Å²) in [5.74, 6) is -13.5. The molecule has 406 valence electrons. The number of nitrogens with one attached hydrogen (secondary N) is 7. The standard InChI is InChI=1S/C47H63N13O13S2/c48-29-22-74-75-23-35(39(66)27-8-4-9-28(27)40(67)55-30(10-5-17-53-47(51)52)42(69)54-21-38(64)65)60-46(73)34(20-37(50)63)59-43(70)31(15-16-36(49)62)56-44(71)33(18-24-6-2-1-3-7-24)58-45(72)32(57-41(29)68)19-25-11-13-26(61)14-12-25/h1-4,6-7,9,11-14,27-35,61H,5,8,10,15-23,48H2,(H2,49,62)(H2,50,63)(H,54,69)(H,55,67)(H,56,71)(H,57,68)(H,58,72)(H,59,70)(H,60,73)(H,64,65)(H4,51,52,53)/t27?,28-,29+,30-,31+,32+,33-,34-,35-/m0/s1. The van der Waals surface area contributed by atoms with Crippen molar-refractivity contribution in [2.24, 2.45) is 45.5 Å². The van der Waals surface area contributed by atoms with Crippen molar-refractivity contribution < 1.29 is 63.0 Å². The highest BCUT2D eigenvalue weighted by atomic mass is 33.1. The molecule has 0 bridgehead atoms. The van der Waals surface area contributed by atoms with E-state index in [9.17, 15) is 57.8 Å². The van der Waals surface area contributed by atoms with Crippen molar-refractivity contribution in [2.75, 3.05) is 24.6 Å². The van der Waals surface area contributed by atoms with E-state index in [2.05, 4.69) is 42.2 Å². The first-order chi connectivity index (χ1) is 35.6. The van der Waals surface area contributed by atoms with Gasteiger partial charge in [-0.1, -0.05) is 76.2 Å². The van der Waals surface area contributed by atoms with Gasteiger partial charge in [0.05, 0.1) is 24.4 Å². The maximum Gasteiger partial charge on any atom is 0.322 e. The number of amides is 9. The van der Waals surface area contributed by atoms with Gasteiger partial charge in [-0.05, 0) is 48.9 Å². The predicted molar refractivity (Wildman–Crippen MR) is 275 cm³/mol. The lowest BCUT2D eigenvalue weighted by Gasteiger charge is -2.28. The number of carboxylic acids is 1. The number of carbonyl (C=O) groups is 11. The van der Waals surface area contributed by atoms with Crippen LogP contribution in [-0.2, 0) is 65.6 Å². The van der Waals surface area contributed by atoms with Gasteiger partial charge < -0.3 is 76.1 Å². The highest BCUT2D eigenvalue weighted by Gasteiger charge is 2.41. The van der Waals surface area contributed by atoms with Crippen LogP contribution >= 0.6 is 21.6 Å². The third kappa shape index (κ3) is 20.3. The average molecular weight is 1080 g/mol. The molecular weight excluding hydrogens is 1020 g/mol. The van der Waals surface area contributed by atoms with E-state index in [1.807, 2.05) is 0 Å². The smallest absolute Gasteiger partial charge is 0.322 e. The van der Waals surface area contributed by atoms with Gasteiger partial charge >= 0.3 is 5.97 Å². The second-order valence-corrected chi connectivity index (χ2v) is 20.1. The molecule has 28 heteroatoms. The second kappa shape index (κ2) is 29.8. The molecule has 2 aromatic carbocycles. The Morgan fingerprint density at radius 3 is 1.91 bits per heavy atom. The predicted octanol–water partition coefficient (Wildman–Crippen LogP) is -4.03. The number of rotatable bonds is 20. The third-order valence-electron chi connectivity index (χ3n) is 11.7. The second-order valence-electron chi connectivity index (χ2n) is 17.5. The Balaban J connectivity index is 1.71. The maximum atomic E-state index is 14.6. The zero-order chi connectivity index (χ0) is 55.2. The molecule has 1 aliphatic carbocycles. The van der Waals surface area contributed by atoms with E-state index >= 15 is 0 Å². The molecule has 19 N–H and O–H groups in total. The topological polar surface area (TPSA) is 455 Å². The number of allylic oxidation sites excluding steroid dienone is 1. The van der Waals surface area contributed by atoms with Crippen molar-refractivity contribution in [1.29, 1.82) is 0 Å². The summed E-state index contributed by atoms with van der Waals surface area (Å²) in [5.41, 5.74) is 29.2. The van der Waals surface area contributed by atoms with Crippen molar-refractivity contribution in [1.82, 2.24) is 37.2 Å². The lowest BCUT2D eigenvalue weighted by atomic mass is 9.87. The molecule has 1 saturated heterocycles. The fourth-order valence-electron chi connectivity index (χ4n) is 7.78. The Morgan fingerprint density at radius 1 is 0.720 bits per heavy atom. The molecule has 2 aromatic rings. The van der Waals surface area contributed by atoms with E-state index in [1.54, 1.807) is 30.3 Å². The van der Waals surface area contributed by atoms with E-state index in [0.29, 0.717) is 11.1 Å². The number of phenolic OH excluding ortho intramolecular Hbond substituents is 1. The van der Waals surface area contributed by atoms with Gasteiger partial charge in [0.1, 0.15) is 42.5 Å². The number of benzene rings is 2. The summed E-state index contributed by atoms with van der Waals surface area (Å²) >= 11 is 0. The van der Waals surface area contributed by atoms with Crippen LogP contribution < -0.4 is 65.9 Å². The summed E-state index contributed by atoms with van der Waals surface area (Å²) in [6, 6.07) is 3.89. The number of nitrogens with two attached hydrogens (primary N) is 5. The molecule has 0 aromatic heterocycles. The van der Waals surface area contributed by atoms with Crippen LogP contribution in [0, 0.1) is 11.8 Å². The van der Waals surface area contributed by atoms with E-state index in [4.69, 9.17) is 33.8 Å². The van der Waals surface area contributed by atoms with E-state index in [1.165, 1.54) is 36.4 Å². The first-order valence-corrected chi connectivity index (χ1v) is 26.1. The van der Waals surface area contributed by atoms with Crippen LogP contribution in [0.15, 0.2) is 71.7 Å². The van der Waals surface area contributed by atoms with E-state index in [0.717, 1.165) is 21.6 Å². The molecular formula is C47H63N13O13S2. The number of nitrogens with zero attached hydrogens (tertiary/aromatic N) is 1. The van der Waals surface area contributed by atoms with E-state index < -0.39 is 145 Å².